The summed E-state index contributed by atoms with van der Waals surface area (Å²) in [4.78, 5) is 0. The molecule has 2 aromatic rings. The molecule has 3 rings (SSSR count). The van der Waals surface area contributed by atoms with Crippen LogP contribution in [0.2, 0.25) is 0 Å². The molecule has 0 fully saturated rings. The lowest BCUT2D eigenvalue weighted by molar-refractivity contribution is 0.415. The van der Waals surface area contributed by atoms with Gasteiger partial charge in [-0.05, 0) is 66.6 Å². The monoisotopic (exact) mass is 267 g/mol. The molecule has 1 N–H and O–H groups in total. The van der Waals surface area contributed by atoms with Crippen molar-refractivity contribution in [3.8, 4) is 5.75 Å². The average Bonchev–Trinajstić information content (AvgIpc) is 2.53. The van der Waals surface area contributed by atoms with Gasteiger partial charge in [0.05, 0.1) is 7.11 Å². The molecule has 20 heavy (non-hydrogen) atoms. The normalized spacial score (nSPS) is 13.7. The molecule has 0 radical (unpaired) electrons. The summed E-state index contributed by atoms with van der Waals surface area (Å²) in [5.74, 6) is 0.893. The third-order valence-corrected chi connectivity index (χ3v) is 4.00. The number of aryl methyl sites for hydroxylation is 2. The number of fused-ring (bicyclic) bond motifs is 1. The molecule has 104 valence electrons. The second-order valence-corrected chi connectivity index (χ2v) is 5.39. The van der Waals surface area contributed by atoms with Crippen LogP contribution in [0.15, 0.2) is 42.5 Å². The maximum atomic E-state index is 5.17. The number of ether oxygens (including phenoxy) is 1. The van der Waals surface area contributed by atoms with Gasteiger partial charge in [0, 0.05) is 12.2 Å². The van der Waals surface area contributed by atoms with Crippen molar-refractivity contribution in [2.24, 2.45) is 0 Å². The minimum absolute atomic E-state index is 0.875. The fraction of sp³-hybridized carbons (Fsp3) is 0.333. The van der Waals surface area contributed by atoms with Crippen molar-refractivity contribution in [3.05, 3.63) is 59.2 Å². The van der Waals surface area contributed by atoms with Crippen molar-refractivity contribution in [2.75, 3.05) is 12.4 Å². The first-order valence-corrected chi connectivity index (χ1v) is 7.34. The highest BCUT2D eigenvalue weighted by molar-refractivity contribution is 5.47. The number of nitrogens with one attached hydrogen (secondary N) is 1. The molecule has 0 atom stereocenters. The van der Waals surface area contributed by atoms with Crippen LogP contribution in [0.25, 0.3) is 0 Å². The highest BCUT2D eigenvalue weighted by Gasteiger charge is 2.09. The van der Waals surface area contributed by atoms with Gasteiger partial charge >= 0.3 is 0 Å². The Balaban J connectivity index is 1.65. The van der Waals surface area contributed by atoms with Crippen LogP contribution >= 0.6 is 0 Å². The van der Waals surface area contributed by atoms with Crippen LogP contribution in [0.5, 0.6) is 5.75 Å². The summed E-state index contributed by atoms with van der Waals surface area (Å²) >= 11 is 0. The first-order valence-electron chi connectivity index (χ1n) is 7.34. The summed E-state index contributed by atoms with van der Waals surface area (Å²) < 4.78 is 5.17. The Morgan fingerprint density at radius 1 is 0.950 bits per heavy atom. The van der Waals surface area contributed by atoms with E-state index in [-0.39, 0.29) is 0 Å². The molecule has 0 aromatic heterocycles. The van der Waals surface area contributed by atoms with Gasteiger partial charge in [0.1, 0.15) is 5.75 Å². The third kappa shape index (κ3) is 2.96. The Bertz CT molecular complexity index is 574. The van der Waals surface area contributed by atoms with Crippen molar-refractivity contribution in [1.82, 2.24) is 0 Å². The van der Waals surface area contributed by atoms with Crippen molar-refractivity contribution in [2.45, 2.75) is 32.2 Å². The van der Waals surface area contributed by atoms with E-state index >= 15 is 0 Å². The van der Waals surface area contributed by atoms with Gasteiger partial charge in [-0.15, -0.1) is 0 Å². The molecule has 1 aliphatic carbocycles. The fourth-order valence-corrected chi connectivity index (χ4v) is 2.81. The Hall–Kier alpha value is -1.96. The lowest BCUT2D eigenvalue weighted by Gasteiger charge is -2.17. The Kier molecular flexibility index (Phi) is 3.91. The van der Waals surface area contributed by atoms with E-state index in [1.54, 1.807) is 18.2 Å². The molecular weight excluding hydrogens is 246 g/mol. The van der Waals surface area contributed by atoms with Crippen LogP contribution < -0.4 is 10.1 Å². The molecule has 0 saturated heterocycles. The SMILES string of the molecule is COc1ccc(NCc2ccc3c(c2)CCCC3)cc1. The predicted octanol–water partition coefficient (Wildman–Crippen LogP) is 4.19. The van der Waals surface area contributed by atoms with Gasteiger partial charge in [-0.25, -0.2) is 0 Å². The Labute approximate surface area is 120 Å². The van der Waals surface area contributed by atoms with E-state index in [1.807, 2.05) is 12.1 Å². The number of methoxy groups -OCH3 is 1. The quantitative estimate of drug-likeness (QED) is 0.897. The van der Waals surface area contributed by atoms with Crippen LogP contribution in [0.3, 0.4) is 0 Å². The van der Waals surface area contributed by atoms with E-state index in [9.17, 15) is 0 Å². The zero-order valence-corrected chi connectivity index (χ0v) is 12.0. The minimum atomic E-state index is 0.875. The lowest BCUT2D eigenvalue weighted by Crippen LogP contribution is -2.05. The summed E-state index contributed by atoms with van der Waals surface area (Å²) in [7, 11) is 1.69. The van der Waals surface area contributed by atoms with Crippen molar-refractivity contribution < 1.29 is 4.74 Å². The molecule has 0 aliphatic heterocycles. The predicted molar refractivity (Wildman–Crippen MR) is 83.4 cm³/mol. The van der Waals surface area contributed by atoms with E-state index in [2.05, 4.69) is 35.6 Å². The zero-order chi connectivity index (χ0) is 13.8. The molecule has 2 heteroatoms. The maximum absolute atomic E-state index is 5.17. The van der Waals surface area contributed by atoms with Crippen LogP contribution in [-0.4, -0.2) is 7.11 Å². The second-order valence-electron chi connectivity index (χ2n) is 5.39. The van der Waals surface area contributed by atoms with Crippen LogP contribution in [0.1, 0.15) is 29.5 Å². The smallest absolute Gasteiger partial charge is 0.119 e. The Morgan fingerprint density at radius 3 is 2.45 bits per heavy atom. The number of rotatable bonds is 4. The van der Waals surface area contributed by atoms with Gasteiger partial charge in [-0.3, -0.25) is 0 Å². The van der Waals surface area contributed by atoms with E-state index < -0.39 is 0 Å². The van der Waals surface area contributed by atoms with Crippen LogP contribution in [0.4, 0.5) is 5.69 Å². The van der Waals surface area contributed by atoms with Crippen LogP contribution in [0, 0.1) is 0 Å². The van der Waals surface area contributed by atoms with Gasteiger partial charge < -0.3 is 10.1 Å². The Morgan fingerprint density at radius 2 is 1.70 bits per heavy atom. The molecule has 1 aliphatic rings. The second kappa shape index (κ2) is 6.00. The first-order chi connectivity index (χ1) is 9.85. The fourth-order valence-electron chi connectivity index (χ4n) is 2.81. The highest BCUT2D eigenvalue weighted by Crippen LogP contribution is 2.23. The van der Waals surface area contributed by atoms with Crippen molar-refractivity contribution in [3.63, 3.8) is 0 Å². The molecule has 0 heterocycles. The molecule has 0 bridgehead atoms. The van der Waals surface area contributed by atoms with Crippen LogP contribution in [-0.2, 0) is 19.4 Å². The summed E-state index contributed by atoms with van der Waals surface area (Å²) in [5.41, 5.74) is 5.58. The summed E-state index contributed by atoms with van der Waals surface area (Å²) in [6.45, 7) is 0.875. The van der Waals surface area contributed by atoms with Crippen molar-refractivity contribution >= 4 is 5.69 Å². The molecule has 0 saturated carbocycles. The highest BCUT2D eigenvalue weighted by atomic mass is 16.5. The first kappa shape index (κ1) is 13.0. The molecule has 0 spiro atoms. The summed E-state index contributed by atoms with van der Waals surface area (Å²) in [5, 5.41) is 3.46. The standard InChI is InChI=1S/C18H21NO/c1-20-18-10-8-17(9-11-18)19-13-14-6-7-15-4-2-3-5-16(15)12-14/h6-12,19H,2-5,13H2,1H3. The third-order valence-electron chi connectivity index (χ3n) is 4.00. The lowest BCUT2D eigenvalue weighted by atomic mass is 9.90. The van der Waals surface area contributed by atoms with Gasteiger partial charge in [-0.1, -0.05) is 18.2 Å². The zero-order valence-electron chi connectivity index (χ0n) is 12.0. The average molecular weight is 267 g/mol. The number of benzene rings is 2. The number of hydrogen-bond acceptors (Lipinski definition) is 2. The van der Waals surface area contributed by atoms with E-state index in [4.69, 9.17) is 4.74 Å². The molecule has 2 aromatic carbocycles. The van der Waals surface area contributed by atoms with Gasteiger partial charge in [0.25, 0.3) is 0 Å². The van der Waals surface area contributed by atoms with Gasteiger partial charge in [-0.2, -0.15) is 0 Å². The molecular formula is C18H21NO. The number of hydrogen-bond donors (Lipinski definition) is 1. The summed E-state index contributed by atoms with van der Waals surface area (Å²) in [6.07, 6.45) is 5.17. The molecule has 0 amide bonds. The van der Waals surface area contributed by atoms with Gasteiger partial charge in [0.15, 0.2) is 0 Å². The summed E-state index contributed by atoms with van der Waals surface area (Å²) in [6, 6.07) is 15.0. The van der Waals surface area contributed by atoms with E-state index in [0.29, 0.717) is 0 Å². The topological polar surface area (TPSA) is 21.3 Å². The van der Waals surface area contributed by atoms with E-state index in [1.165, 1.54) is 31.2 Å². The molecule has 0 unspecified atom stereocenters. The van der Waals surface area contributed by atoms with Crippen molar-refractivity contribution in [1.29, 1.82) is 0 Å². The number of anilines is 1. The minimum Gasteiger partial charge on any atom is -0.497 e. The molecule has 2 nitrogen and oxygen atoms in total. The van der Waals surface area contributed by atoms with Gasteiger partial charge in [0.2, 0.25) is 0 Å². The maximum Gasteiger partial charge on any atom is 0.119 e. The van der Waals surface area contributed by atoms with E-state index in [0.717, 1.165) is 18.0 Å². The largest absolute Gasteiger partial charge is 0.497 e.